The molecule has 0 atom stereocenters. The molecular weight excluding hydrogens is 538 g/mol. The van der Waals surface area contributed by atoms with Gasteiger partial charge >= 0.3 is 0 Å². The third kappa shape index (κ3) is 6.21. The van der Waals surface area contributed by atoms with E-state index in [-0.39, 0.29) is 11.8 Å². The maximum absolute atomic E-state index is 12.7. The van der Waals surface area contributed by atoms with E-state index in [2.05, 4.69) is 10.6 Å². The van der Waals surface area contributed by atoms with Crippen LogP contribution in [0, 0.1) is 13.8 Å². The minimum absolute atomic E-state index is 0.299. The van der Waals surface area contributed by atoms with Crippen molar-refractivity contribution in [2.24, 2.45) is 0 Å². The number of hydrogen-bond acceptors (Lipinski definition) is 2. The highest BCUT2D eigenvalue weighted by Gasteiger charge is 2.13. The lowest BCUT2D eigenvalue weighted by Crippen LogP contribution is -2.13. The van der Waals surface area contributed by atoms with Gasteiger partial charge in [-0.15, -0.1) is 0 Å². The van der Waals surface area contributed by atoms with Gasteiger partial charge in [-0.25, -0.2) is 0 Å². The summed E-state index contributed by atoms with van der Waals surface area (Å²) in [5.74, 6) is -0.598. The van der Waals surface area contributed by atoms with Crippen LogP contribution in [0.5, 0.6) is 0 Å². The smallest absolute Gasteiger partial charge is 0.255 e. The van der Waals surface area contributed by atoms with E-state index in [1.807, 2.05) is 50.2 Å². The molecule has 2 N–H and O–H groups in total. The standard InChI is InChI=1S/C28H20Cl4N2O2/c1-15-7-17(3-5-25(15)33-27(35)19-9-21(29)13-22(30)10-19)18-4-6-26(16(2)8-18)34-28(36)20-11-23(31)14-24(32)12-20/h3-14H,1-2H3,(H,33,35)(H,34,36). The molecule has 0 aliphatic heterocycles. The molecule has 0 bridgehead atoms. The Bertz CT molecular complexity index is 1350. The zero-order valence-electron chi connectivity index (χ0n) is 19.3. The molecule has 0 radical (unpaired) electrons. The highest BCUT2D eigenvalue weighted by molar-refractivity contribution is 6.36. The Balaban J connectivity index is 1.50. The van der Waals surface area contributed by atoms with Crippen LogP contribution in [-0.2, 0) is 0 Å². The fourth-order valence-electron chi connectivity index (χ4n) is 3.73. The first kappa shape index (κ1) is 26.1. The van der Waals surface area contributed by atoms with Crippen molar-refractivity contribution in [3.8, 4) is 11.1 Å². The lowest BCUT2D eigenvalue weighted by Gasteiger charge is -2.13. The lowest BCUT2D eigenvalue weighted by atomic mass is 9.99. The summed E-state index contributed by atoms with van der Waals surface area (Å²) in [7, 11) is 0. The molecule has 4 nitrogen and oxygen atoms in total. The highest BCUT2D eigenvalue weighted by Crippen LogP contribution is 2.29. The lowest BCUT2D eigenvalue weighted by molar-refractivity contribution is 0.101. The summed E-state index contributed by atoms with van der Waals surface area (Å²) in [5, 5.41) is 7.38. The van der Waals surface area contributed by atoms with Gasteiger partial charge in [0, 0.05) is 42.6 Å². The largest absolute Gasteiger partial charge is 0.322 e. The number of rotatable bonds is 5. The molecular formula is C28H20Cl4N2O2. The minimum atomic E-state index is -0.299. The second-order valence-electron chi connectivity index (χ2n) is 8.28. The molecule has 0 saturated heterocycles. The van der Waals surface area contributed by atoms with Gasteiger partial charge in [0.1, 0.15) is 0 Å². The number of amides is 2. The van der Waals surface area contributed by atoms with Crippen molar-refractivity contribution < 1.29 is 9.59 Å². The van der Waals surface area contributed by atoms with Crippen LogP contribution in [0.25, 0.3) is 11.1 Å². The molecule has 0 aliphatic rings. The van der Waals surface area contributed by atoms with E-state index in [1.165, 1.54) is 0 Å². The third-order valence-corrected chi connectivity index (χ3v) is 6.40. The molecule has 0 heterocycles. The average Bonchev–Trinajstić information content (AvgIpc) is 2.80. The zero-order chi connectivity index (χ0) is 26.0. The molecule has 182 valence electrons. The maximum atomic E-state index is 12.7. The van der Waals surface area contributed by atoms with Gasteiger partial charge in [-0.3, -0.25) is 9.59 Å². The predicted octanol–water partition coefficient (Wildman–Crippen LogP) is 9.09. The average molecular weight is 558 g/mol. The van der Waals surface area contributed by atoms with E-state index in [4.69, 9.17) is 46.4 Å². The zero-order valence-corrected chi connectivity index (χ0v) is 22.3. The SMILES string of the molecule is Cc1cc(-c2ccc(NC(=O)c3cc(Cl)cc(Cl)c3)c(C)c2)ccc1NC(=O)c1cc(Cl)cc(Cl)c1. The van der Waals surface area contributed by atoms with Crippen molar-refractivity contribution in [1.29, 1.82) is 0 Å². The molecule has 4 rings (SSSR count). The Hall–Kier alpha value is -3.02. The number of carbonyl (C=O) groups is 2. The summed E-state index contributed by atoms with van der Waals surface area (Å²) in [6, 6.07) is 20.9. The Morgan fingerprint density at radius 1 is 0.528 bits per heavy atom. The quantitative estimate of drug-likeness (QED) is 0.257. The van der Waals surface area contributed by atoms with Crippen molar-refractivity contribution in [3.05, 3.63) is 115 Å². The number of carbonyl (C=O) groups excluding carboxylic acids is 2. The summed E-state index contributed by atoms with van der Waals surface area (Å²) in [4.78, 5) is 25.3. The van der Waals surface area contributed by atoms with Crippen molar-refractivity contribution in [2.75, 3.05) is 10.6 Å². The van der Waals surface area contributed by atoms with Crippen LogP contribution in [-0.4, -0.2) is 11.8 Å². The topological polar surface area (TPSA) is 58.2 Å². The van der Waals surface area contributed by atoms with Crippen LogP contribution in [0.4, 0.5) is 11.4 Å². The first-order valence-corrected chi connectivity index (χ1v) is 12.4. The van der Waals surface area contributed by atoms with Gasteiger partial charge < -0.3 is 10.6 Å². The fourth-order valence-corrected chi connectivity index (χ4v) is 4.78. The minimum Gasteiger partial charge on any atom is -0.322 e. The summed E-state index contributed by atoms with van der Waals surface area (Å²) < 4.78 is 0. The van der Waals surface area contributed by atoms with Gasteiger partial charge in [-0.1, -0.05) is 58.5 Å². The summed E-state index contributed by atoms with van der Waals surface area (Å²) in [6.45, 7) is 3.84. The summed E-state index contributed by atoms with van der Waals surface area (Å²) in [5.41, 5.74) is 5.84. The Morgan fingerprint density at radius 2 is 0.861 bits per heavy atom. The van der Waals surface area contributed by atoms with Crippen molar-refractivity contribution in [2.45, 2.75) is 13.8 Å². The van der Waals surface area contributed by atoms with E-state index < -0.39 is 0 Å². The Morgan fingerprint density at radius 3 is 1.17 bits per heavy atom. The summed E-state index contributed by atoms with van der Waals surface area (Å²) in [6.07, 6.45) is 0. The molecule has 0 spiro atoms. The van der Waals surface area contributed by atoms with Crippen molar-refractivity contribution in [3.63, 3.8) is 0 Å². The molecule has 4 aromatic rings. The van der Waals surface area contributed by atoms with E-state index >= 15 is 0 Å². The number of anilines is 2. The van der Waals surface area contributed by atoms with Gasteiger partial charge in [-0.05, 0) is 96.8 Å². The molecule has 2 amide bonds. The van der Waals surface area contributed by atoms with Gasteiger partial charge in [0.25, 0.3) is 11.8 Å². The Kier molecular flexibility index (Phi) is 7.91. The molecule has 0 fully saturated rings. The van der Waals surface area contributed by atoms with Crippen molar-refractivity contribution >= 4 is 69.6 Å². The molecule has 8 heteroatoms. The molecule has 0 saturated carbocycles. The predicted molar refractivity (Wildman–Crippen MR) is 150 cm³/mol. The monoisotopic (exact) mass is 556 g/mol. The van der Waals surface area contributed by atoms with Crippen LogP contribution < -0.4 is 10.6 Å². The second kappa shape index (κ2) is 10.9. The van der Waals surface area contributed by atoms with E-state index in [0.717, 1.165) is 22.3 Å². The van der Waals surface area contributed by atoms with Crippen LogP contribution in [0.15, 0.2) is 72.8 Å². The first-order valence-electron chi connectivity index (χ1n) is 10.9. The number of nitrogens with one attached hydrogen (secondary N) is 2. The second-order valence-corrected chi connectivity index (χ2v) is 10.0. The molecule has 36 heavy (non-hydrogen) atoms. The van der Waals surface area contributed by atoms with Gasteiger partial charge in [0.2, 0.25) is 0 Å². The van der Waals surface area contributed by atoms with Crippen LogP contribution in [0.1, 0.15) is 31.8 Å². The fraction of sp³-hybridized carbons (Fsp3) is 0.0714. The summed E-state index contributed by atoms with van der Waals surface area (Å²) >= 11 is 24.1. The van der Waals surface area contributed by atoms with Crippen LogP contribution in [0.2, 0.25) is 20.1 Å². The normalized spacial score (nSPS) is 10.7. The highest BCUT2D eigenvalue weighted by atomic mass is 35.5. The Labute approximate surface area is 229 Å². The van der Waals surface area contributed by atoms with Gasteiger partial charge in [-0.2, -0.15) is 0 Å². The number of aryl methyl sites for hydroxylation is 2. The van der Waals surface area contributed by atoms with Crippen LogP contribution in [0.3, 0.4) is 0 Å². The van der Waals surface area contributed by atoms with E-state index in [9.17, 15) is 9.59 Å². The van der Waals surface area contributed by atoms with Crippen molar-refractivity contribution in [1.82, 2.24) is 0 Å². The van der Waals surface area contributed by atoms with E-state index in [0.29, 0.717) is 42.6 Å². The number of hydrogen-bond donors (Lipinski definition) is 2. The third-order valence-electron chi connectivity index (χ3n) is 5.53. The van der Waals surface area contributed by atoms with Crippen LogP contribution >= 0.6 is 46.4 Å². The molecule has 0 aliphatic carbocycles. The van der Waals surface area contributed by atoms with E-state index in [1.54, 1.807) is 36.4 Å². The molecule has 0 aromatic heterocycles. The van der Waals surface area contributed by atoms with Gasteiger partial charge in [0.15, 0.2) is 0 Å². The van der Waals surface area contributed by atoms with Gasteiger partial charge in [0.05, 0.1) is 0 Å². The number of halogens is 4. The molecule has 0 unspecified atom stereocenters. The molecule has 4 aromatic carbocycles. The maximum Gasteiger partial charge on any atom is 0.255 e. The first-order chi connectivity index (χ1) is 17.1. The number of benzene rings is 4.